The van der Waals surface area contributed by atoms with Gasteiger partial charge in [0.25, 0.3) is 5.91 Å². The summed E-state index contributed by atoms with van der Waals surface area (Å²) in [5.74, 6) is 1.40. The van der Waals surface area contributed by atoms with Gasteiger partial charge in [0.2, 0.25) is 0 Å². The van der Waals surface area contributed by atoms with Crippen molar-refractivity contribution in [2.45, 2.75) is 45.3 Å². The van der Waals surface area contributed by atoms with Gasteiger partial charge in [0.05, 0.1) is 0 Å². The fraction of sp³-hybridized carbons (Fsp3) is 0.533. The van der Waals surface area contributed by atoms with Crippen LogP contribution in [-0.2, 0) is 4.79 Å². The van der Waals surface area contributed by atoms with Crippen LogP contribution >= 0.6 is 15.9 Å². The van der Waals surface area contributed by atoms with Crippen molar-refractivity contribution in [2.75, 3.05) is 0 Å². The molecule has 0 aliphatic heterocycles. The molecule has 1 saturated carbocycles. The summed E-state index contributed by atoms with van der Waals surface area (Å²) in [6.07, 6.45) is 2.90. The lowest BCUT2D eigenvalue weighted by atomic mass is 10.1. The van der Waals surface area contributed by atoms with Gasteiger partial charge in [-0.15, -0.1) is 0 Å². The Balaban J connectivity index is 1.83. The second-order valence-electron chi connectivity index (χ2n) is 5.34. The lowest BCUT2D eigenvalue weighted by Gasteiger charge is -2.18. The molecular formula is C15H20BrNO2. The van der Waals surface area contributed by atoms with E-state index in [1.807, 2.05) is 24.3 Å². The highest BCUT2D eigenvalue weighted by Gasteiger charge is 2.25. The van der Waals surface area contributed by atoms with Crippen molar-refractivity contribution in [1.29, 1.82) is 0 Å². The van der Waals surface area contributed by atoms with Crippen molar-refractivity contribution < 1.29 is 9.53 Å². The summed E-state index contributed by atoms with van der Waals surface area (Å²) in [5, 5.41) is 3.07. The summed E-state index contributed by atoms with van der Waals surface area (Å²) in [5.41, 5.74) is 0. The molecule has 0 aromatic heterocycles. The van der Waals surface area contributed by atoms with Crippen molar-refractivity contribution >= 4 is 21.8 Å². The molecule has 3 atom stereocenters. The standard InChI is InChI=1S/C15H20BrNO2/c1-10-3-6-13(9-10)17-15(18)11(2)19-14-7-4-12(16)5-8-14/h4-5,7-8,10-11,13H,3,6,9H2,1-2H3,(H,17,18). The number of ether oxygens (including phenoxy) is 1. The molecule has 1 amide bonds. The molecule has 2 rings (SSSR count). The van der Waals surface area contributed by atoms with Crippen LogP contribution in [0.25, 0.3) is 0 Å². The highest BCUT2D eigenvalue weighted by molar-refractivity contribution is 9.10. The van der Waals surface area contributed by atoms with Crippen molar-refractivity contribution in [1.82, 2.24) is 5.32 Å². The van der Waals surface area contributed by atoms with E-state index in [-0.39, 0.29) is 5.91 Å². The topological polar surface area (TPSA) is 38.3 Å². The van der Waals surface area contributed by atoms with E-state index in [4.69, 9.17) is 4.74 Å². The highest BCUT2D eigenvalue weighted by Crippen LogP contribution is 2.24. The molecule has 104 valence electrons. The molecule has 1 aliphatic rings. The van der Waals surface area contributed by atoms with E-state index < -0.39 is 6.10 Å². The number of halogens is 1. The van der Waals surface area contributed by atoms with E-state index in [1.165, 1.54) is 6.42 Å². The number of amides is 1. The van der Waals surface area contributed by atoms with E-state index in [0.29, 0.717) is 17.7 Å². The number of carbonyl (C=O) groups excluding carboxylic acids is 1. The number of nitrogens with one attached hydrogen (secondary N) is 1. The number of hydrogen-bond acceptors (Lipinski definition) is 2. The summed E-state index contributed by atoms with van der Waals surface area (Å²) in [4.78, 5) is 12.0. The normalized spacial score (nSPS) is 23.9. The molecule has 1 aromatic rings. The van der Waals surface area contributed by atoms with Crippen molar-refractivity contribution in [3.8, 4) is 5.75 Å². The van der Waals surface area contributed by atoms with Crippen LogP contribution in [0.3, 0.4) is 0 Å². The van der Waals surface area contributed by atoms with Crippen molar-refractivity contribution in [2.24, 2.45) is 5.92 Å². The molecule has 0 heterocycles. The molecular weight excluding hydrogens is 306 g/mol. The molecule has 0 bridgehead atoms. The van der Waals surface area contributed by atoms with Gasteiger partial charge < -0.3 is 10.1 Å². The third kappa shape index (κ3) is 4.23. The molecule has 1 N–H and O–H groups in total. The molecule has 4 heteroatoms. The fourth-order valence-corrected chi connectivity index (χ4v) is 2.69. The Morgan fingerprint density at radius 2 is 2.05 bits per heavy atom. The van der Waals surface area contributed by atoms with E-state index >= 15 is 0 Å². The van der Waals surface area contributed by atoms with E-state index in [2.05, 4.69) is 28.2 Å². The number of rotatable bonds is 4. The maximum Gasteiger partial charge on any atom is 0.260 e. The summed E-state index contributed by atoms with van der Waals surface area (Å²) in [6.45, 7) is 4.02. The van der Waals surface area contributed by atoms with Crippen LogP contribution in [0.1, 0.15) is 33.1 Å². The molecule has 19 heavy (non-hydrogen) atoms. The molecule has 0 radical (unpaired) electrons. The molecule has 1 aromatic carbocycles. The smallest absolute Gasteiger partial charge is 0.260 e. The quantitative estimate of drug-likeness (QED) is 0.919. The Labute approximate surface area is 122 Å². The van der Waals surface area contributed by atoms with E-state index in [1.54, 1.807) is 6.92 Å². The predicted octanol–water partition coefficient (Wildman–Crippen LogP) is 3.52. The number of benzene rings is 1. The Bertz CT molecular complexity index is 432. The van der Waals surface area contributed by atoms with Crippen LogP contribution in [-0.4, -0.2) is 18.1 Å². The SMILES string of the molecule is CC1CCC(NC(=O)C(C)Oc2ccc(Br)cc2)C1. The highest BCUT2D eigenvalue weighted by atomic mass is 79.9. The third-order valence-corrected chi connectivity index (χ3v) is 4.07. The van der Waals surface area contributed by atoms with Gasteiger partial charge >= 0.3 is 0 Å². The van der Waals surface area contributed by atoms with E-state index in [0.717, 1.165) is 17.3 Å². The molecule has 3 nitrogen and oxygen atoms in total. The molecule has 0 saturated heterocycles. The van der Waals surface area contributed by atoms with Gasteiger partial charge in [0.15, 0.2) is 6.10 Å². The largest absolute Gasteiger partial charge is 0.481 e. The Morgan fingerprint density at radius 3 is 2.63 bits per heavy atom. The minimum atomic E-state index is -0.461. The average molecular weight is 326 g/mol. The first-order valence-electron chi connectivity index (χ1n) is 6.77. The van der Waals surface area contributed by atoms with E-state index in [9.17, 15) is 4.79 Å². The minimum absolute atomic E-state index is 0.0259. The van der Waals surface area contributed by atoms with Crippen LogP contribution in [0.5, 0.6) is 5.75 Å². The van der Waals surface area contributed by atoms with Gasteiger partial charge in [-0.05, 0) is 56.4 Å². The fourth-order valence-electron chi connectivity index (χ4n) is 2.43. The first-order valence-corrected chi connectivity index (χ1v) is 7.56. The maximum atomic E-state index is 12.0. The maximum absolute atomic E-state index is 12.0. The molecule has 0 spiro atoms. The first-order chi connectivity index (χ1) is 9.04. The van der Waals surface area contributed by atoms with Crippen LogP contribution in [0, 0.1) is 5.92 Å². The van der Waals surface area contributed by atoms with Crippen LogP contribution in [0.15, 0.2) is 28.7 Å². The second kappa shape index (κ2) is 6.42. The van der Waals surface area contributed by atoms with Crippen LogP contribution < -0.4 is 10.1 Å². The van der Waals surface area contributed by atoms with Gasteiger partial charge in [-0.3, -0.25) is 4.79 Å². The van der Waals surface area contributed by atoms with Gasteiger partial charge in [0.1, 0.15) is 5.75 Å². The van der Waals surface area contributed by atoms with Gasteiger partial charge in [-0.1, -0.05) is 22.9 Å². The number of carbonyl (C=O) groups is 1. The molecule has 1 fully saturated rings. The summed E-state index contributed by atoms with van der Waals surface area (Å²) in [7, 11) is 0. The average Bonchev–Trinajstić information content (AvgIpc) is 2.77. The zero-order chi connectivity index (χ0) is 13.8. The summed E-state index contributed by atoms with van der Waals surface area (Å²) < 4.78 is 6.63. The second-order valence-corrected chi connectivity index (χ2v) is 6.25. The van der Waals surface area contributed by atoms with Crippen molar-refractivity contribution in [3.05, 3.63) is 28.7 Å². The molecule has 1 aliphatic carbocycles. The number of hydrogen-bond donors (Lipinski definition) is 1. The summed E-state index contributed by atoms with van der Waals surface area (Å²) in [6, 6.07) is 7.83. The Kier molecular flexibility index (Phi) is 4.86. The Morgan fingerprint density at radius 1 is 1.37 bits per heavy atom. The van der Waals surface area contributed by atoms with Gasteiger partial charge in [-0.2, -0.15) is 0 Å². The molecule has 3 unspecified atom stereocenters. The zero-order valence-electron chi connectivity index (χ0n) is 11.4. The lowest BCUT2D eigenvalue weighted by Crippen LogP contribution is -2.41. The van der Waals surface area contributed by atoms with Gasteiger partial charge in [0, 0.05) is 10.5 Å². The third-order valence-electron chi connectivity index (χ3n) is 3.54. The summed E-state index contributed by atoms with van der Waals surface area (Å²) >= 11 is 3.37. The van der Waals surface area contributed by atoms with Crippen LogP contribution in [0.4, 0.5) is 0 Å². The first kappa shape index (κ1) is 14.4. The predicted molar refractivity (Wildman–Crippen MR) is 79.2 cm³/mol. The lowest BCUT2D eigenvalue weighted by molar-refractivity contribution is -0.127. The minimum Gasteiger partial charge on any atom is -0.481 e. The Hall–Kier alpha value is -1.03. The zero-order valence-corrected chi connectivity index (χ0v) is 12.9. The van der Waals surface area contributed by atoms with Gasteiger partial charge in [-0.25, -0.2) is 0 Å². The van der Waals surface area contributed by atoms with Crippen LogP contribution in [0.2, 0.25) is 0 Å². The van der Waals surface area contributed by atoms with Crippen molar-refractivity contribution in [3.63, 3.8) is 0 Å². The monoisotopic (exact) mass is 325 g/mol.